The third-order valence-electron chi connectivity index (χ3n) is 5.21. The number of ether oxygens (including phenoxy) is 1. The van der Waals surface area contributed by atoms with Crippen LogP contribution in [0.25, 0.3) is 0 Å². The van der Waals surface area contributed by atoms with Gasteiger partial charge in [-0.3, -0.25) is 4.90 Å². The van der Waals surface area contributed by atoms with E-state index in [4.69, 9.17) is 4.74 Å². The summed E-state index contributed by atoms with van der Waals surface area (Å²) in [5, 5.41) is 3.50. The fraction of sp³-hybridized carbons (Fsp3) is 0.667. The van der Waals surface area contributed by atoms with Crippen LogP contribution < -0.4 is 5.32 Å². The SMILES string of the molecule is CNC(CCN1CCOC2CCCC21)c1ccccc1C. The molecular weight excluding hydrogens is 260 g/mol. The third-order valence-corrected chi connectivity index (χ3v) is 5.21. The van der Waals surface area contributed by atoms with Crippen LogP contribution in [0.15, 0.2) is 24.3 Å². The highest BCUT2D eigenvalue weighted by Gasteiger charge is 2.35. The zero-order valence-corrected chi connectivity index (χ0v) is 13.3. The van der Waals surface area contributed by atoms with E-state index >= 15 is 0 Å². The lowest BCUT2D eigenvalue weighted by atomic mass is 9.98. The predicted molar refractivity (Wildman–Crippen MR) is 86.5 cm³/mol. The lowest BCUT2D eigenvalue weighted by molar-refractivity contribution is -0.0563. The number of rotatable bonds is 5. The van der Waals surface area contributed by atoms with Gasteiger partial charge in [0, 0.05) is 25.2 Å². The number of aryl methyl sites for hydroxylation is 1. The van der Waals surface area contributed by atoms with Crippen LogP contribution in [-0.2, 0) is 4.74 Å². The van der Waals surface area contributed by atoms with Gasteiger partial charge < -0.3 is 10.1 Å². The van der Waals surface area contributed by atoms with E-state index in [0.717, 1.165) is 13.2 Å². The van der Waals surface area contributed by atoms with Gasteiger partial charge in [-0.1, -0.05) is 24.3 Å². The Morgan fingerprint density at radius 3 is 3.00 bits per heavy atom. The normalized spacial score (nSPS) is 27.5. The van der Waals surface area contributed by atoms with Crippen molar-refractivity contribution < 1.29 is 4.74 Å². The van der Waals surface area contributed by atoms with Crippen molar-refractivity contribution in [2.75, 3.05) is 26.7 Å². The van der Waals surface area contributed by atoms with Gasteiger partial charge in [0.2, 0.25) is 0 Å². The van der Waals surface area contributed by atoms with Gasteiger partial charge in [-0.25, -0.2) is 0 Å². The molecule has 3 atom stereocenters. The third kappa shape index (κ3) is 3.31. The maximum absolute atomic E-state index is 5.91. The van der Waals surface area contributed by atoms with Crippen molar-refractivity contribution in [2.24, 2.45) is 0 Å². The number of benzene rings is 1. The predicted octanol–water partition coefficient (Wildman–Crippen LogP) is 2.90. The molecule has 1 aromatic rings. The maximum Gasteiger partial charge on any atom is 0.0730 e. The fourth-order valence-corrected chi connectivity index (χ4v) is 4.01. The highest BCUT2D eigenvalue weighted by molar-refractivity contribution is 5.28. The molecule has 1 aliphatic heterocycles. The van der Waals surface area contributed by atoms with E-state index in [9.17, 15) is 0 Å². The maximum atomic E-state index is 5.91. The van der Waals surface area contributed by atoms with Crippen molar-refractivity contribution in [2.45, 2.75) is 50.8 Å². The van der Waals surface area contributed by atoms with Crippen LogP contribution in [0, 0.1) is 6.92 Å². The van der Waals surface area contributed by atoms with E-state index < -0.39 is 0 Å². The molecule has 0 amide bonds. The minimum atomic E-state index is 0.453. The van der Waals surface area contributed by atoms with Crippen LogP contribution in [0.2, 0.25) is 0 Å². The average Bonchev–Trinajstić information content (AvgIpc) is 2.98. The molecule has 1 saturated heterocycles. The molecule has 3 unspecified atom stereocenters. The molecule has 21 heavy (non-hydrogen) atoms. The second-order valence-electron chi connectivity index (χ2n) is 6.43. The lowest BCUT2D eigenvalue weighted by Crippen LogP contribution is -2.49. The second-order valence-corrected chi connectivity index (χ2v) is 6.43. The average molecular weight is 288 g/mol. The monoisotopic (exact) mass is 288 g/mol. The second kappa shape index (κ2) is 6.91. The van der Waals surface area contributed by atoms with E-state index in [2.05, 4.69) is 48.5 Å². The topological polar surface area (TPSA) is 24.5 Å². The zero-order chi connectivity index (χ0) is 14.7. The van der Waals surface area contributed by atoms with Gasteiger partial charge in [-0.2, -0.15) is 0 Å². The largest absolute Gasteiger partial charge is 0.375 e. The van der Waals surface area contributed by atoms with Crippen molar-refractivity contribution in [3.8, 4) is 0 Å². The van der Waals surface area contributed by atoms with E-state index in [1.165, 1.54) is 43.4 Å². The van der Waals surface area contributed by atoms with Crippen molar-refractivity contribution >= 4 is 0 Å². The summed E-state index contributed by atoms with van der Waals surface area (Å²) in [6.07, 6.45) is 5.59. The summed E-state index contributed by atoms with van der Waals surface area (Å²) in [4.78, 5) is 2.67. The van der Waals surface area contributed by atoms with Crippen LogP contribution in [0.5, 0.6) is 0 Å². The summed E-state index contributed by atoms with van der Waals surface area (Å²) in [7, 11) is 2.08. The molecule has 1 heterocycles. The van der Waals surface area contributed by atoms with Gasteiger partial charge in [0.15, 0.2) is 0 Å². The molecule has 0 radical (unpaired) electrons. The van der Waals surface area contributed by atoms with E-state index in [-0.39, 0.29) is 0 Å². The number of nitrogens with zero attached hydrogens (tertiary/aromatic N) is 1. The molecule has 1 aromatic carbocycles. The highest BCUT2D eigenvalue weighted by Crippen LogP contribution is 2.30. The minimum Gasteiger partial charge on any atom is -0.375 e. The first-order valence-electron chi connectivity index (χ1n) is 8.38. The Balaban J connectivity index is 1.61. The number of morpholine rings is 1. The lowest BCUT2D eigenvalue weighted by Gasteiger charge is -2.38. The van der Waals surface area contributed by atoms with E-state index in [0.29, 0.717) is 18.2 Å². The summed E-state index contributed by atoms with van der Waals surface area (Å²) in [5.41, 5.74) is 2.83. The molecule has 1 aliphatic carbocycles. The van der Waals surface area contributed by atoms with E-state index in [1.54, 1.807) is 0 Å². The van der Waals surface area contributed by atoms with Crippen LogP contribution in [0.3, 0.4) is 0 Å². The molecule has 3 heteroatoms. The molecule has 3 nitrogen and oxygen atoms in total. The molecule has 0 aromatic heterocycles. The Bertz CT molecular complexity index is 462. The first kappa shape index (κ1) is 15.0. The summed E-state index contributed by atoms with van der Waals surface area (Å²) >= 11 is 0. The number of hydrogen-bond acceptors (Lipinski definition) is 3. The molecule has 0 bridgehead atoms. The Kier molecular flexibility index (Phi) is 4.94. The Morgan fingerprint density at radius 1 is 1.33 bits per heavy atom. The van der Waals surface area contributed by atoms with Crippen molar-refractivity contribution in [1.29, 1.82) is 0 Å². The molecule has 1 N–H and O–H groups in total. The van der Waals surface area contributed by atoms with Crippen LogP contribution >= 0.6 is 0 Å². The molecular formula is C18H28N2O. The van der Waals surface area contributed by atoms with Crippen LogP contribution in [0.1, 0.15) is 42.9 Å². The number of hydrogen-bond donors (Lipinski definition) is 1. The quantitative estimate of drug-likeness (QED) is 0.901. The Hall–Kier alpha value is -0.900. The number of fused-ring (bicyclic) bond motifs is 1. The van der Waals surface area contributed by atoms with Gasteiger partial charge in [0.1, 0.15) is 0 Å². The molecule has 116 valence electrons. The van der Waals surface area contributed by atoms with Crippen LogP contribution in [0.4, 0.5) is 0 Å². The van der Waals surface area contributed by atoms with Crippen molar-refractivity contribution in [1.82, 2.24) is 10.2 Å². The van der Waals surface area contributed by atoms with Gasteiger partial charge >= 0.3 is 0 Å². The summed E-state index contributed by atoms with van der Waals surface area (Å²) in [5.74, 6) is 0. The molecule has 0 spiro atoms. The zero-order valence-electron chi connectivity index (χ0n) is 13.3. The Morgan fingerprint density at radius 2 is 2.19 bits per heavy atom. The first-order chi connectivity index (χ1) is 10.3. The summed E-state index contributed by atoms with van der Waals surface area (Å²) < 4.78 is 5.91. The fourth-order valence-electron chi connectivity index (χ4n) is 4.01. The minimum absolute atomic E-state index is 0.453. The van der Waals surface area contributed by atoms with Gasteiger partial charge in [0.25, 0.3) is 0 Å². The summed E-state index contributed by atoms with van der Waals surface area (Å²) in [6, 6.07) is 9.86. The molecule has 3 rings (SSSR count). The smallest absolute Gasteiger partial charge is 0.0730 e. The van der Waals surface area contributed by atoms with Crippen molar-refractivity contribution in [3.63, 3.8) is 0 Å². The van der Waals surface area contributed by atoms with Gasteiger partial charge in [0.05, 0.1) is 12.7 Å². The van der Waals surface area contributed by atoms with Crippen molar-refractivity contribution in [3.05, 3.63) is 35.4 Å². The van der Waals surface area contributed by atoms with E-state index in [1.807, 2.05) is 0 Å². The first-order valence-corrected chi connectivity index (χ1v) is 8.38. The Labute approximate surface area is 128 Å². The summed E-state index contributed by atoms with van der Waals surface area (Å²) in [6.45, 7) is 5.40. The molecule has 1 saturated carbocycles. The standard InChI is InChI=1S/C18H28N2O/c1-14-6-3-4-7-15(14)16(19-2)10-11-20-12-13-21-18-9-5-8-17(18)20/h3-4,6-7,16-19H,5,8-13H2,1-2H3. The van der Waals surface area contributed by atoms with Crippen LogP contribution in [-0.4, -0.2) is 43.8 Å². The molecule has 2 aliphatic rings. The number of nitrogens with one attached hydrogen (secondary N) is 1. The highest BCUT2D eigenvalue weighted by atomic mass is 16.5. The van der Waals surface area contributed by atoms with Gasteiger partial charge in [-0.15, -0.1) is 0 Å². The van der Waals surface area contributed by atoms with Gasteiger partial charge in [-0.05, 0) is 50.8 Å². The molecule has 2 fully saturated rings.